The number of hydrogen-bond donors (Lipinski definition) is 2. The second kappa shape index (κ2) is 5.05. The van der Waals surface area contributed by atoms with Gasteiger partial charge in [-0.1, -0.05) is 20.8 Å². The minimum Gasteiger partial charge on any atom is -0.496 e. The van der Waals surface area contributed by atoms with Crippen LogP contribution in [0, 0.1) is 0 Å². The van der Waals surface area contributed by atoms with Crippen LogP contribution in [0.5, 0.6) is 0 Å². The van der Waals surface area contributed by atoms with Gasteiger partial charge in [0.1, 0.15) is 5.76 Å². The number of nitrogens with two attached hydrogens (primary N) is 1. The fourth-order valence-corrected chi connectivity index (χ4v) is 2.15. The maximum absolute atomic E-state index is 5.50. The smallest absolute Gasteiger partial charge is 0.111 e. The zero-order valence-corrected chi connectivity index (χ0v) is 9.99. The Balaban J connectivity index is 2.39. The molecule has 1 aliphatic rings. The van der Waals surface area contributed by atoms with Crippen molar-refractivity contribution in [2.75, 3.05) is 12.4 Å². The highest BCUT2D eigenvalue weighted by atomic mass is 32.2. The van der Waals surface area contributed by atoms with Crippen molar-refractivity contribution in [1.29, 1.82) is 0 Å². The molecule has 0 radical (unpaired) electrons. The summed E-state index contributed by atoms with van der Waals surface area (Å²) in [5.41, 5.74) is 2.80. The van der Waals surface area contributed by atoms with Crippen LogP contribution in [-0.4, -0.2) is 23.1 Å². The second-order valence-corrected chi connectivity index (χ2v) is 6.23. The van der Waals surface area contributed by atoms with Gasteiger partial charge in [-0.2, -0.15) is 11.8 Å². The SMILES string of the molecule is CC(C)(C)SCC(NN)C1=CCCO1. The Morgan fingerprint density at radius 3 is 2.79 bits per heavy atom. The molecular formula is C10H20N2OS. The average Bonchev–Trinajstić information content (AvgIpc) is 2.56. The number of hydrazine groups is 1. The lowest BCUT2D eigenvalue weighted by molar-refractivity contribution is 0.220. The van der Waals surface area contributed by atoms with Crippen LogP contribution >= 0.6 is 11.8 Å². The summed E-state index contributed by atoms with van der Waals surface area (Å²) in [4.78, 5) is 0. The van der Waals surface area contributed by atoms with E-state index >= 15 is 0 Å². The third kappa shape index (κ3) is 3.90. The molecule has 82 valence electrons. The van der Waals surface area contributed by atoms with Crippen molar-refractivity contribution >= 4 is 11.8 Å². The first-order valence-electron chi connectivity index (χ1n) is 4.96. The minimum atomic E-state index is 0.154. The van der Waals surface area contributed by atoms with E-state index in [-0.39, 0.29) is 10.8 Å². The van der Waals surface area contributed by atoms with E-state index in [9.17, 15) is 0 Å². The molecule has 0 aromatic rings. The molecule has 0 saturated heterocycles. The summed E-state index contributed by atoms with van der Waals surface area (Å²) in [6.45, 7) is 7.41. The molecular weight excluding hydrogens is 196 g/mol. The van der Waals surface area contributed by atoms with Gasteiger partial charge in [0, 0.05) is 16.9 Å². The highest BCUT2D eigenvalue weighted by molar-refractivity contribution is 8.00. The minimum absolute atomic E-state index is 0.154. The lowest BCUT2D eigenvalue weighted by Crippen LogP contribution is -2.39. The fraction of sp³-hybridized carbons (Fsp3) is 0.800. The van der Waals surface area contributed by atoms with Gasteiger partial charge in [-0.15, -0.1) is 0 Å². The maximum Gasteiger partial charge on any atom is 0.111 e. The van der Waals surface area contributed by atoms with E-state index in [2.05, 4.69) is 32.3 Å². The van der Waals surface area contributed by atoms with Crippen LogP contribution in [0.1, 0.15) is 27.2 Å². The summed E-state index contributed by atoms with van der Waals surface area (Å²) in [5, 5.41) is 0. The van der Waals surface area contributed by atoms with Crippen LogP contribution in [0.2, 0.25) is 0 Å². The van der Waals surface area contributed by atoms with Gasteiger partial charge >= 0.3 is 0 Å². The summed E-state index contributed by atoms with van der Waals surface area (Å²) < 4.78 is 5.75. The van der Waals surface area contributed by atoms with E-state index in [1.54, 1.807) is 0 Å². The molecule has 0 aromatic heterocycles. The summed E-state index contributed by atoms with van der Waals surface area (Å²) in [5.74, 6) is 7.45. The highest BCUT2D eigenvalue weighted by Gasteiger charge is 2.20. The monoisotopic (exact) mass is 216 g/mol. The summed E-state index contributed by atoms with van der Waals surface area (Å²) in [6, 6.07) is 0.154. The van der Waals surface area contributed by atoms with Crippen molar-refractivity contribution in [3.05, 3.63) is 11.8 Å². The first-order valence-corrected chi connectivity index (χ1v) is 5.94. The Morgan fingerprint density at radius 1 is 1.64 bits per heavy atom. The predicted molar refractivity (Wildman–Crippen MR) is 62.0 cm³/mol. The molecule has 1 unspecified atom stereocenters. The van der Waals surface area contributed by atoms with Crippen molar-refractivity contribution < 1.29 is 4.74 Å². The van der Waals surface area contributed by atoms with Crippen molar-refractivity contribution in [2.24, 2.45) is 5.84 Å². The van der Waals surface area contributed by atoms with Crippen LogP contribution < -0.4 is 11.3 Å². The third-order valence-corrected chi connectivity index (χ3v) is 3.33. The molecule has 0 amide bonds. The van der Waals surface area contributed by atoms with Gasteiger partial charge < -0.3 is 4.74 Å². The standard InChI is InChI=1S/C10H20N2OS/c1-10(2,3)14-7-8(12-11)9-5-4-6-13-9/h5,8,12H,4,6-7,11H2,1-3H3. The van der Waals surface area contributed by atoms with Crippen molar-refractivity contribution in [3.63, 3.8) is 0 Å². The Hall–Kier alpha value is -0.190. The van der Waals surface area contributed by atoms with Crippen LogP contribution in [0.25, 0.3) is 0 Å². The average molecular weight is 216 g/mol. The van der Waals surface area contributed by atoms with Gasteiger partial charge in [0.05, 0.1) is 12.6 Å². The molecule has 0 fully saturated rings. The molecule has 0 spiro atoms. The maximum atomic E-state index is 5.50. The molecule has 14 heavy (non-hydrogen) atoms. The van der Waals surface area contributed by atoms with E-state index in [0.717, 1.165) is 24.5 Å². The largest absolute Gasteiger partial charge is 0.496 e. The molecule has 1 atom stereocenters. The molecule has 3 N–H and O–H groups in total. The normalized spacial score (nSPS) is 19.0. The zero-order chi connectivity index (χ0) is 10.6. The van der Waals surface area contributed by atoms with E-state index in [4.69, 9.17) is 10.6 Å². The summed E-state index contributed by atoms with van der Waals surface area (Å²) >= 11 is 1.89. The Kier molecular flexibility index (Phi) is 4.29. The van der Waals surface area contributed by atoms with E-state index in [1.807, 2.05) is 11.8 Å². The highest BCUT2D eigenvalue weighted by Crippen LogP contribution is 2.26. The number of hydrogen-bond acceptors (Lipinski definition) is 4. The number of ether oxygens (including phenoxy) is 1. The Labute approximate surface area is 90.4 Å². The first-order chi connectivity index (χ1) is 6.53. The Bertz CT molecular complexity index is 211. The van der Waals surface area contributed by atoms with E-state index < -0.39 is 0 Å². The van der Waals surface area contributed by atoms with Gasteiger partial charge in [0.15, 0.2) is 0 Å². The fourth-order valence-electron chi connectivity index (χ4n) is 1.23. The van der Waals surface area contributed by atoms with Crippen LogP contribution in [0.15, 0.2) is 11.8 Å². The van der Waals surface area contributed by atoms with E-state index in [0.29, 0.717) is 0 Å². The molecule has 0 aromatic carbocycles. The molecule has 0 aliphatic carbocycles. The summed E-state index contributed by atoms with van der Waals surface area (Å²) in [7, 11) is 0. The van der Waals surface area contributed by atoms with Crippen molar-refractivity contribution in [1.82, 2.24) is 5.43 Å². The van der Waals surface area contributed by atoms with Crippen LogP contribution in [-0.2, 0) is 4.74 Å². The number of thioether (sulfide) groups is 1. The number of nitrogens with one attached hydrogen (secondary N) is 1. The lowest BCUT2D eigenvalue weighted by Gasteiger charge is -2.22. The second-order valence-electron chi connectivity index (χ2n) is 4.39. The first kappa shape index (κ1) is 11.9. The van der Waals surface area contributed by atoms with Gasteiger partial charge in [-0.25, -0.2) is 5.43 Å². The number of rotatable bonds is 4. The molecule has 0 saturated carbocycles. The molecule has 3 nitrogen and oxygen atoms in total. The van der Waals surface area contributed by atoms with Crippen LogP contribution in [0.4, 0.5) is 0 Å². The molecule has 1 aliphatic heterocycles. The molecule has 4 heteroatoms. The Morgan fingerprint density at radius 2 is 2.36 bits per heavy atom. The topological polar surface area (TPSA) is 47.3 Å². The lowest BCUT2D eigenvalue weighted by atomic mass is 10.2. The molecule has 0 bridgehead atoms. The third-order valence-electron chi connectivity index (χ3n) is 1.96. The van der Waals surface area contributed by atoms with Gasteiger partial charge in [0.2, 0.25) is 0 Å². The van der Waals surface area contributed by atoms with Gasteiger partial charge in [0.25, 0.3) is 0 Å². The zero-order valence-electron chi connectivity index (χ0n) is 9.17. The molecule has 1 heterocycles. The van der Waals surface area contributed by atoms with Crippen molar-refractivity contribution in [3.8, 4) is 0 Å². The van der Waals surface area contributed by atoms with Gasteiger partial charge in [-0.05, 0) is 6.08 Å². The van der Waals surface area contributed by atoms with E-state index in [1.165, 1.54) is 0 Å². The molecule has 1 rings (SSSR count). The summed E-state index contributed by atoms with van der Waals surface area (Å²) in [6.07, 6.45) is 3.13. The quantitative estimate of drug-likeness (QED) is 0.554. The predicted octanol–water partition coefficient (Wildman–Crippen LogP) is 1.65. The van der Waals surface area contributed by atoms with Gasteiger partial charge in [-0.3, -0.25) is 5.84 Å². The van der Waals surface area contributed by atoms with Crippen LogP contribution in [0.3, 0.4) is 0 Å². The van der Waals surface area contributed by atoms with Crippen molar-refractivity contribution in [2.45, 2.75) is 38.0 Å².